The summed E-state index contributed by atoms with van der Waals surface area (Å²) >= 11 is 1.32. The molecule has 0 atom stereocenters. The highest BCUT2D eigenvalue weighted by Gasteiger charge is 2.17. The maximum atomic E-state index is 12.5. The largest absolute Gasteiger partial charge is 0.325 e. The lowest BCUT2D eigenvalue weighted by Gasteiger charge is -2.11. The summed E-state index contributed by atoms with van der Waals surface area (Å²) in [5, 5.41) is 12.3. The number of carbonyl (C=O) groups excluding carboxylic acids is 2. The summed E-state index contributed by atoms with van der Waals surface area (Å²) in [5.41, 5.74) is 4.28. The van der Waals surface area contributed by atoms with Crippen LogP contribution >= 0.6 is 11.8 Å². The lowest BCUT2D eigenvalue weighted by molar-refractivity contribution is -0.113. The van der Waals surface area contributed by atoms with Crippen molar-refractivity contribution in [3.05, 3.63) is 90.0 Å². The van der Waals surface area contributed by atoms with Crippen molar-refractivity contribution in [2.45, 2.75) is 19.0 Å². The zero-order valence-corrected chi connectivity index (χ0v) is 18.6. The number of hydrogen-bond donors (Lipinski definition) is 1. The van der Waals surface area contributed by atoms with Crippen LogP contribution in [0.4, 0.5) is 5.69 Å². The van der Waals surface area contributed by atoms with E-state index >= 15 is 0 Å². The Labute approximate surface area is 190 Å². The molecule has 0 spiro atoms. The summed E-state index contributed by atoms with van der Waals surface area (Å²) in [6.07, 6.45) is 0. The van der Waals surface area contributed by atoms with E-state index in [9.17, 15) is 9.59 Å². The Balaban J connectivity index is 1.54. The average Bonchev–Trinajstić information content (AvgIpc) is 3.23. The van der Waals surface area contributed by atoms with Gasteiger partial charge in [0.2, 0.25) is 5.91 Å². The molecule has 1 aromatic heterocycles. The van der Waals surface area contributed by atoms with E-state index in [-0.39, 0.29) is 17.4 Å². The fourth-order valence-corrected chi connectivity index (χ4v) is 4.01. The number of anilines is 1. The maximum absolute atomic E-state index is 12.5. The quantitative estimate of drug-likeness (QED) is 0.315. The van der Waals surface area contributed by atoms with Crippen LogP contribution < -0.4 is 5.32 Å². The average molecular weight is 443 g/mol. The predicted molar refractivity (Wildman–Crippen MR) is 127 cm³/mol. The number of Topliss-reactive ketones (excluding diaryl/α,β-unsaturated/α-hetero) is 1. The van der Waals surface area contributed by atoms with Crippen LogP contribution in [0.1, 0.15) is 22.8 Å². The third-order valence-corrected chi connectivity index (χ3v) is 5.76. The number of benzene rings is 3. The number of hydrogen-bond acceptors (Lipinski definition) is 5. The first-order valence-corrected chi connectivity index (χ1v) is 11.1. The maximum Gasteiger partial charge on any atom is 0.234 e. The molecule has 0 saturated carbocycles. The number of carbonyl (C=O) groups is 2. The highest BCUT2D eigenvalue weighted by atomic mass is 32.2. The lowest BCUT2D eigenvalue weighted by atomic mass is 10.1. The second-order valence-corrected chi connectivity index (χ2v) is 8.26. The summed E-state index contributed by atoms with van der Waals surface area (Å²) in [7, 11) is 0. The molecule has 0 aliphatic rings. The number of rotatable bonds is 7. The van der Waals surface area contributed by atoms with Gasteiger partial charge in [0.25, 0.3) is 0 Å². The predicted octanol–water partition coefficient (Wildman–Crippen LogP) is 5.18. The molecule has 4 aromatic rings. The molecule has 1 amide bonds. The van der Waals surface area contributed by atoms with Gasteiger partial charge >= 0.3 is 0 Å². The Morgan fingerprint density at radius 3 is 2.38 bits per heavy atom. The van der Waals surface area contributed by atoms with Crippen LogP contribution in [0.3, 0.4) is 0 Å². The SMILES string of the molecule is CC(=O)c1ccc(NC(=O)CSc2nnc(-c3cccc(C)c3)n2-c2ccccc2)cc1. The molecule has 0 aliphatic heterocycles. The molecule has 7 heteroatoms. The van der Waals surface area contributed by atoms with Crippen molar-refractivity contribution in [2.75, 3.05) is 11.1 Å². The van der Waals surface area contributed by atoms with Crippen LogP contribution in [-0.2, 0) is 4.79 Å². The highest BCUT2D eigenvalue weighted by molar-refractivity contribution is 7.99. The van der Waals surface area contributed by atoms with Crippen LogP contribution in [0.5, 0.6) is 0 Å². The number of amides is 1. The monoisotopic (exact) mass is 442 g/mol. The molecule has 1 heterocycles. The van der Waals surface area contributed by atoms with E-state index in [0.29, 0.717) is 16.4 Å². The van der Waals surface area contributed by atoms with E-state index < -0.39 is 0 Å². The van der Waals surface area contributed by atoms with Crippen LogP contribution in [0.15, 0.2) is 84.0 Å². The molecule has 3 aromatic carbocycles. The molecular weight excluding hydrogens is 420 g/mol. The van der Waals surface area contributed by atoms with Gasteiger partial charge in [0.1, 0.15) is 0 Å². The van der Waals surface area contributed by atoms with Crippen LogP contribution in [0.2, 0.25) is 0 Å². The molecule has 32 heavy (non-hydrogen) atoms. The number of aryl methyl sites for hydroxylation is 1. The highest BCUT2D eigenvalue weighted by Crippen LogP contribution is 2.28. The summed E-state index contributed by atoms with van der Waals surface area (Å²) in [6, 6.07) is 24.8. The standard InChI is InChI=1S/C25H22N4O2S/c1-17-7-6-8-20(15-17)24-27-28-25(29(24)22-9-4-3-5-10-22)32-16-23(31)26-21-13-11-19(12-14-21)18(2)30/h3-15H,16H2,1-2H3,(H,26,31). The van der Waals surface area contributed by atoms with Gasteiger partial charge in [0.15, 0.2) is 16.8 Å². The molecule has 0 bridgehead atoms. The van der Waals surface area contributed by atoms with Gasteiger partial charge in [-0.1, -0.05) is 53.7 Å². The van der Waals surface area contributed by atoms with Crippen molar-refractivity contribution in [2.24, 2.45) is 0 Å². The number of aromatic nitrogens is 3. The third-order valence-electron chi connectivity index (χ3n) is 4.83. The molecule has 1 N–H and O–H groups in total. The Hall–Kier alpha value is -3.71. The minimum absolute atomic E-state index is 0.0110. The second kappa shape index (κ2) is 9.62. The van der Waals surface area contributed by atoms with Crippen LogP contribution in [0, 0.1) is 6.92 Å². The van der Waals surface area contributed by atoms with Crippen molar-refractivity contribution >= 4 is 29.1 Å². The first-order valence-electron chi connectivity index (χ1n) is 10.1. The molecule has 0 unspecified atom stereocenters. The first kappa shape index (κ1) is 21.5. The molecule has 4 rings (SSSR count). The lowest BCUT2D eigenvalue weighted by Crippen LogP contribution is -2.14. The molecule has 0 aliphatic carbocycles. The van der Waals surface area contributed by atoms with Gasteiger partial charge in [0, 0.05) is 22.5 Å². The van der Waals surface area contributed by atoms with E-state index in [1.807, 2.05) is 60.0 Å². The van der Waals surface area contributed by atoms with Crippen molar-refractivity contribution < 1.29 is 9.59 Å². The molecule has 0 fully saturated rings. The van der Waals surface area contributed by atoms with E-state index in [1.165, 1.54) is 18.7 Å². The summed E-state index contributed by atoms with van der Waals surface area (Å²) in [6.45, 7) is 3.55. The number of para-hydroxylation sites is 1. The van der Waals surface area contributed by atoms with Gasteiger partial charge in [-0.25, -0.2) is 0 Å². The Bertz CT molecular complexity index is 1250. The van der Waals surface area contributed by atoms with Crippen LogP contribution in [0.25, 0.3) is 17.1 Å². The third kappa shape index (κ3) is 4.95. The number of ketones is 1. The minimum atomic E-state index is -0.162. The van der Waals surface area contributed by atoms with Gasteiger partial charge in [-0.15, -0.1) is 10.2 Å². The first-order chi connectivity index (χ1) is 15.5. The van der Waals surface area contributed by atoms with Crippen molar-refractivity contribution in [1.82, 2.24) is 14.8 Å². The van der Waals surface area contributed by atoms with Gasteiger partial charge in [-0.05, 0) is 56.3 Å². The fraction of sp³-hybridized carbons (Fsp3) is 0.120. The van der Waals surface area contributed by atoms with Crippen molar-refractivity contribution in [3.8, 4) is 17.1 Å². The second-order valence-electron chi connectivity index (χ2n) is 7.32. The number of nitrogens with zero attached hydrogens (tertiary/aromatic N) is 3. The summed E-state index contributed by atoms with van der Waals surface area (Å²) in [5.74, 6) is 0.726. The van der Waals surface area contributed by atoms with Gasteiger partial charge in [-0.2, -0.15) is 0 Å². The molecule has 6 nitrogen and oxygen atoms in total. The minimum Gasteiger partial charge on any atom is -0.325 e. The van der Waals surface area contributed by atoms with Crippen LogP contribution in [-0.4, -0.2) is 32.2 Å². The molecular formula is C25H22N4O2S. The van der Waals surface area contributed by atoms with E-state index in [0.717, 1.165) is 22.6 Å². The van der Waals surface area contributed by atoms with Gasteiger partial charge in [-0.3, -0.25) is 14.2 Å². The fourth-order valence-electron chi connectivity index (χ4n) is 3.26. The Morgan fingerprint density at radius 2 is 1.69 bits per heavy atom. The Kier molecular flexibility index (Phi) is 6.47. The van der Waals surface area contributed by atoms with Gasteiger partial charge < -0.3 is 5.32 Å². The Morgan fingerprint density at radius 1 is 0.938 bits per heavy atom. The van der Waals surface area contributed by atoms with Crippen molar-refractivity contribution in [1.29, 1.82) is 0 Å². The number of nitrogens with one attached hydrogen (secondary N) is 1. The normalized spacial score (nSPS) is 10.7. The van der Waals surface area contributed by atoms with E-state index in [1.54, 1.807) is 24.3 Å². The smallest absolute Gasteiger partial charge is 0.234 e. The zero-order chi connectivity index (χ0) is 22.5. The topological polar surface area (TPSA) is 76.9 Å². The molecule has 0 saturated heterocycles. The summed E-state index contributed by atoms with van der Waals surface area (Å²) in [4.78, 5) is 23.9. The zero-order valence-electron chi connectivity index (χ0n) is 17.8. The van der Waals surface area contributed by atoms with E-state index in [2.05, 4.69) is 21.6 Å². The molecule has 0 radical (unpaired) electrons. The van der Waals surface area contributed by atoms with Crippen molar-refractivity contribution in [3.63, 3.8) is 0 Å². The molecule has 160 valence electrons. The summed E-state index contributed by atoms with van der Waals surface area (Å²) < 4.78 is 1.97. The van der Waals surface area contributed by atoms with E-state index in [4.69, 9.17) is 0 Å². The number of thioether (sulfide) groups is 1. The van der Waals surface area contributed by atoms with Gasteiger partial charge in [0.05, 0.1) is 5.75 Å².